The van der Waals surface area contributed by atoms with E-state index in [2.05, 4.69) is 9.97 Å². The number of ether oxygens (including phenoxy) is 3. The SMILES string of the molecule is C.CCOC(=O)c1cc(-c2ccc(F)cc2F)c2c(n1)OC(CO)CC2.OCC1CCc2c(-c3ccc(F)cc3F)cc(Cl)nc2O1. The zero-order valence-electron chi connectivity index (χ0n) is 24.5. The minimum Gasteiger partial charge on any atom is -0.472 e. The van der Waals surface area contributed by atoms with Crippen molar-refractivity contribution in [2.75, 3.05) is 19.8 Å². The van der Waals surface area contributed by atoms with Crippen molar-refractivity contribution in [1.82, 2.24) is 9.97 Å². The second kappa shape index (κ2) is 15.6. The smallest absolute Gasteiger partial charge is 0.357 e. The Bertz CT molecular complexity index is 1760. The van der Waals surface area contributed by atoms with Crippen LogP contribution < -0.4 is 9.47 Å². The number of nitrogens with zero attached hydrogens (tertiary/aromatic N) is 2. The van der Waals surface area contributed by atoms with E-state index in [0.717, 1.165) is 23.8 Å². The maximum atomic E-state index is 14.3. The van der Waals surface area contributed by atoms with Crippen molar-refractivity contribution >= 4 is 17.6 Å². The van der Waals surface area contributed by atoms with E-state index in [1.54, 1.807) is 13.0 Å². The molecule has 0 saturated carbocycles. The molecule has 0 bridgehead atoms. The van der Waals surface area contributed by atoms with Gasteiger partial charge in [-0.05, 0) is 80.1 Å². The topological polar surface area (TPSA) is 111 Å². The van der Waals surface area contributed by atoms with Gasteiger partial charge in [0.05, 0.1) is 19.8 Å². The molecule has 13 heteroatoms. The summed E-state index contributed by atoms with van der Waals surface area (Å²) in [6, 6.07) is 9.61. The number of rotatable bonds is 6. The van der Waals surface area contributed by atoms with Crippen molar-refractivity contribution in [3.63, 3.8) is 0 Å². The van der Waals surface area contributed by atoms with Crippen LogP contribution in [0.15, 0.2) is 48.5 Å². The summed E-state index contributed by atoms with van der Waals surface area (Å²) in [7, 11) is 0. The Morgan fingerprint density at radius 3 is 1.77 bits per heavy atom. The summed E-state index contributed by atoms with van der Waals surface area (Å²) in [6.45, 7) is 1.52. The van der Waals surface area contributed by atoms with Gasteiger partial charge in [0.25, 0.3) is 0 Å². The molecule has 250 valence electrons. The van der Waals surface area contributed by atoms with Crippen LogP contribution >= 0.6 is 11.6 Å². The number of aliphatic hydroxyl groups is 2. The second-order valence-corrected chi connectivity index (χ2v) is 10.9. The minimum atomic E-state index is -0.743. The Kier molecular flexibility index (Phi) is 11.8. The number of carbonyl (C=O) groups is 1. The Hall–Kier alpha value is -4.26. The van der Waals surface area contributed by atoms with Gasteiger partial charge in [0.1, 0.15) is 40.6 Å². The molecule has 2 aromatic carbocycles. The molecule has 2 aliphatic heterocycles. The number of carbonyl (C=O) groups excluding carboxylic acids is 1. The normalized spacial score (nSPS) is 16.3. The Balaban J connectivity index is 0.000000211. The maximum Gasteiger partial charge on any atom is 0.357 e. The summed E-state index contributed by atoms with van der Waals surface area (Å²) < 4.78 is 70.7. The fourth-order valence-corrected chi connectivity index (χ4v) is 5.44. The van der Waals surface area contributed by atoms with Crippen LogP contribution in [0.3, 0.4) is 0 Å². The lowest BCUT2D eigenvalue weighted by atomic mass is 9.94. The van der Waals surface area contributed by atoms with Crippen LogP contribution in [0.5, 0.6) is 11.8 Å². The number of pyridine rings is 2. The van der Waals surface area contributed by atoms with Crippen LogP contribution in [0.1, 0.15) is 48.8 Å². The molecule has 2 atom stereocenters. The average molecular weight is 677 g/mol. The highest BCUT2D eigenvalue weighted by atomic mass is 35.5. The van der Waals surface area contributed by atoms with E-state index in [1.165, 1.54) is 24.3 Å². The third-order valence-corrected chi connectivity index (χ3v) is 7.66. The summed E-state index contributed by atoms with van der Waals surface area (Å²) in [5, 5.41) is 18.6. The molecule has 2 unspecified atom stereocenters. The van der Waals surface area contributed by atoms with Gasteiger partial charge in [-0.1, -0.05) is 19.0 Å². The summed E-state index contributed by atoms with van der Waals surface area (Å²) in [5.41, 5.74) is 2.65. The molecule has 0 amide bonds. The lowest BCUT2D eigenvalue weighted by molar-refractivity contribution is 0.0514. The number of esters is 1. The highest BCUT2D eigenvalue weighted by molar-refractivity contribution is 6.29. The van der Waals surface area contributed by atoms with E-state index in [1.807, 2.05) is 0 Å². The number of hydrogen-bond acceptors (Lipinski definition) is 8. The lowest BCUT2D eigenvalue weighted by Gasteiger charge is -2.26. The van der Waals surface area contributed by atoms with E-state index >= 15 is 0 Å². The van der Waals surface area contributed by atoms with Crippen molar-refractivity contribution < 1.29 is 46.8 Å². The quantitative estimate of drug-likeness (QED) is 0.129. The molecule has 4 heterocycles. The number of aliphatic hydroxyl groups excluding tert-OH is 2. The van der Waals surface area contributed by atoms with Crippen molar-refractivity contribution in [3.05, 3.63) is 93.8 Å². The summed E-state index contributed by atoms with van der Waals surface area (Å²) in [5.74, 6) is -2.94. The molecule has 6 rings (SSSR count). The Labute approximate surface area is 273 Å². The Morgan fingerprint density at radius 2 is 1.30 bits per heavy atom. The summed E-state index contributed by atoms with van der Waals surface area (Å²) >= 11 is 5.96. The lowest BCUT2D eigenvalue weighted by Crippen LogP contribution is -2.27. The van der Waals surface area contributed by atoms with Gasteiger partial charge in [-0.15, -0.1) is 0 Å². The predicted octanol–water partition coefficient (Wildman–Crippen LogP) is 6.89. The first-order valence-electron chi connectivity index (χ1n) is 14.5. The van der Waals surface area contributed by atoms with Gasteiger partial charge >= 0.3 is 5.97 Å². The highest BCUT2D eigenvalue weighted by Gasteiger charge is 2.28. The standard InChI is InChI=1S/C18H17F2NO4.C15H12ClF2NO2.CH4/c1-2-24-18(23)16-8-14(12-5-3-10(19)7-15(12)20)13-6-4-11(9-22)25-17(13)21-16;16-14-6-12(10-3-1-8(17)5-13(10)18)11-4-2-9(7-20)21-15(11)19-14;/h3,5,7-8,11,22H,2,4,6,9H2,1H3;1,3,5-6,9,20H,2,4,7H2;1H4. The molecule has 4 aromatic rings. The molecular formula is C34H33ClF4N2O6. The molecule has 0 aliphatic carbocycles. The zero-order chi connectivity index (χ0) is 33.0. The van der Waals surface area contributed by atoms with Crippen LogP contribution in [0.25, 0.3) is 22.3 Å². The first-order valence-corrected chi connectivity index (χ1v) is 14.9. The molecule has 2 aromatic heterocycles. The minimum absolute atomic E-state index is 0. The molecular weight excluding hydrogens is 644 g/mol. The van der Waals surface area contributed by atoms with Gasteiger partial charge in [-0.3, -0.25) is 0 Å². The van der Waals surface area contributed by atoms with Gasteiger partial charge in [0.15, 0.2) is 5.69 Å². The molecule has 2 aliphatic rings. The zero-order valence-corrected chi connectivity index (χ0v) is 25.3. The molecule has 2 N–H and O–H groups in total. The van der Waals surface area contributed by atoms with E-state index in [4.69, 9.17) is 30.9 Å². The molecule has 0 radical (unpaired) electrons. The summed E-state index contributed by atoms with van der Waals surface area (Å²) in [4.78, 5) is 20.3. The number of hydrogen-bond donors (Lipinski definition) is 2. The largest absolute Gasteiger partial charge is 0.472 e. The van der Waals surface area contributed by atoms with E-state index in [9.17, 15) is 27.5 Å². The van der Waals surface area contributed by atoms with Crippen LogP contribution in [0.4, 0.5) is 17.6 Å². The van der Waals surface area contributed by atoms with E-state index in [-0.39, 0.29) is 61.2 Å². The van der Waals surface area contributed by atoms with E-state index in [0.29, 0.717) is 48.3 Å². The van der Waals surface area contributed by atoms with Gasteiger partial charge in [-0.2, -0.15) is 0 Å². The first-order chi connectivity index (χ1) is 22.1. The molecule has 8 nitrogen and oxygen atoms in total. The molecule has 0 spiro atoms. The second-order valence-electron chi connectivity index (χ2n) is 10.5. The first kappa shape index (κ1) is 35.6. The third kappa shape index (κ3) is 8.01. The van der Waals surface area contributed by atoms with Crippen LogP contribution in [-0.4, -0.2) is 58.2 Å². The average Bonchev–Trinajstić information content (AvgIpc) is 3.04. The number of aromatic nitrogens is 2. The molecule has 0 fully saturated rings. The predicted molar refractivity (Wildman–Crippen MR) is 167 cm³/mol. The fraction of sp³-hybridized carbons (Fsp3) is 0.324. The van der Waals surface area contributed by atoms with Gasteiger partial charge < -0.3 is 24.4 Å². The number of fused-ring (bicyclic) bond motifs is 2. The summed E-state index contributed by atoms with van der Waals surface area (Å²) in [6.07, 6.45) is 1.42. The number of halogens is 5. The fourth-order valence-electron chi connectivity index (χ4n) is 5.25. The molecule has 47 heavy (non-hydrogen) atoms. The maximum absolute atomic E-state index is 14.3. The third-order valence-electron chi connectivity index (χ3n) is 7.47. The Morgan fingerprint density at radius 1 is 0.809 bits per heavy atom. The van der Waals surface area contributed by atoms with Gasteiger partial charge in [-0.25, -0.2) is 32.3 Å². The van der Waals surface area contributed by atoms with Crippen LogP contribution in [0, 0.1) is 23.3 Å². The van der Waals surface area contributed by atoms with Crippen LogP contribution in [0.2, 0.25) is 5.15 Å². The van der Waals surface area contributed by atoms with Crippen molar-refractivity contribution in [3.8, 4) is 34.0 Å². The van der Waals surface area contributed by atoms with Crippen molar-refractivity contribution in [2.24, 2.45) is 0 Å². The highest BCUT2D eigenvalue weighted by Crippen LogP contribution is 2.38. The van der Waals surface area contributed by atoms with Crippen molar-refractivity contribution in [1.29, 1.82) is 0 Å². The van der Waals surface area contributed by atoms with E-state index < -0.39 is 35.3 Å². The van der Waals surface area contributed by atoms with Gasteiger partial charge in [0, 0.05) is 34.4 Å². The van der Waals surface area contributed by atoms with Gasteiger partial charge in [0.2, 0.25) is 11.8 Å². The monoisotopic (exact) mass is 676 g/mol. The molecule has 0 saturated heterocycles. The van der Waals surface area contributed by atoms with Crippen molar-refractivity contribution in [2.45, 2.75) is 52.2 Å². The number of benzene rings is 2. The van der Waals surface area contributed by atoms with Crippen LogP contribution in [-0.2, 0) is 17.6 Å².